The van der Waals surface area contributed by atoms with Crippen molar-refractivity contribution in [3.8, 4) is 0 Å². The maximum Gasteiger partial charge on any atom is 0.425 e. The summed E-state index contributed by atoms with van der Waals surface area (Å²) >= 11 is 0. The average Bonchev–Trinajstić information content (AvgIpc) is 2.23. The molecule has 0 aromatic carbocycles. The monoisotopic (exact) mass is 296 g/mol. The van der Waals surface area contributed by atoms with Gasteiger partial charge in [0, 0.05) is 0 Å². The van der Waals surface area contributed by atoms with Crippen molar-refractivity contribution in [1.29, 1.82) is 0 Å². The van der Waals surface area contributed by atoms with Crippen molar-refractivity contribution in [3.05, 3.63) is 12.4 Å². The van der Waals surface area contributed by atoms with E-state index in [-0.39, 0.29) is 12.4 Å². The summed E-state index contributed by atoms with van der Waals surface area (Å²) in [7, 11) is 0. The topological polar surface area (TPSA) is 26.3 Å². The second-order valence-corrected chi connectivity index (χ2v) is 3.97. The molecule has 0 heterocycles. The Hall–Kier alpha value is -1.28. The third-order valence-corrected chi connectivity index (χ3v) is 2.05. The molecule has 0 amide bonds. The summed E-state index contributed by atoms with van der Waals surface area (Å²) in [6.45, 7) is 2.02. The van der Waals surface area contributed by atoms with Crippen molar-refractivity contribution >= 4 is 5.97 Å². The van der Waals surface area contributed by atoms with E-state index in [1.54, 1.807) is 0 Å². The Morgan fingerprint density at radius 1 is 1.16 bits per heavy atom. The number of rotatable bonds is 5. The molecule has 9 heteroatoms. The van der Waals surface area contributed by atoms with E-state index in [1.165, 1.54) is 0 Å². The van der Waals surface area contributed by atoms with Crippen LogP contribution >= 0.6 is 0 Å². The molecule has 0 fully saturated rings. The molecule has 0 N–H and O–H groups in total. The first-order valence-corrected chi connectivity index (χ1v) is 5.00. The molecule has 0 saturated carbocycles. The summed E-state index contributed by atoms with van der Waals surface area (Å²) in [6, 6.07) is 0. The largest absolute Gasteiger partial charge is 0.452 e. The number of halogens is 7. The Kier molecular flexibility index (Phi) is 5.83. The quantitative estimate of drug-likeness (QED) is 0.440. The molecule has 19 heavy (non-hydrogen) atoms. The minimum atomic E-state index is -5.81. The van der Waals surface area contributed by atoms with E-state index in [0.717, 1.165) is 13.8 Å². The molecule has 0 aliphatic rings. The maximum absolute atomic E-state index is 13.3. The molecular formula is C10H11F7O2. The molecule has 112 valence electrons. The lowest BCUT2D eigenvalue weighted by Gasteiger charge is -2.31. The molecule has 2 atom stereocenters. The normalized spacial score (nSPS) is 16.7. The number of ether oxygens (including phenoxy) is 1. The highest BCUT2D eigenvalue weighted by molar-refractivity contribution is 5.81. The molecule has 0 spiro atoms. The summed E-state index contributed by atoms with van der Waals surface area (Å²) in [5, 5.41) is 0. The summed E-state index contributed by atoms with van der Waals surface area (Å²) in [6.07, 6.45) is -13.2. The Morgan fingerprint density at radius 2 is 1.63 bits per heavy atom. The van der Waals surface area contributed by atoms with Crippen LogP contribution in [-0.4, -0.2) is 30.3 Å². The van der Waals surface area contributed by atoms with Crippen LogP contribution in [0.5, 0.6) is 0 Å². The van der Waals surface area contributed by atoms with Gasteiger partial charge in [0.05, 0.1) is 12.4 Å². The molecule has 2 unspecified atom stereocenters. The summed E-state index contributed by atoms with van der Waals surface area (Å²) in [5.74, 6) is -7.92. The molecule has 0 saturated heterocycles. The SMILES string of the molecule is CC(C)C(OC(=O)C=CF)C(F)(F)C(F)C(F)(F)F. The lowest BCUT2D eigenvalue weighted by atomic mass is 9.97. The zero-order valence-electron chi connectivity index (χ0n) is 9.85. The third-order valence-electron chi connectivity index (χ3n) is 2.05. The molecule has 0 bridgehead atoms. The minimum Gasteiger partial charge on any atom is -0.452 e. The van der Waals surface area contributed by atoms with E-state index in [1.807, 2.05) is 0 Å². The van der Waals surface area contributed by atoms with Gasteiger partial charge < -0.3 is 4.74 Å². The first-order chi connectivity index (χ1) is 8.44. The van der Waals surface area contributed by atoms with Gasteiger partial charge in [-0.15, -0.1) is 0 Å². The highest BCUT2D eigenvalue weighted by Gasteiger charge is 2.62. The maximum atomic E-state index is 13.3. The Bertz CT molecular complexity index is 335. The fraction of sp³-hybridized carbons (Fsp3) is 0.700. The van der Waals surface area contributed by atoms with Gasteiger partial charge in [-0.2, -0.15) is 22.0 Å². The van der Waals surface area contributed by atoms with Crippen molar-refractivity contribution < 1.29 is 40.3 Å². The number of hydrogen-bond donors (Lipinski definition) is 0. The van der Waals surface area contributed by atoms with Gasteiger partial charge in [0.2, 0.25) is 0 Å². The van der Waals surface area contributed by atoms with Crippen LogP contribution < -0.4 is 0 Å². The minimum absolute atomic E-state index is 0.0896. The van der Waals surface area contributed by atoms with Crippen molar-refractivity contribution in [2.75, 3.05) is 0 Å². The summed E-state index contributed by atoms with van der Waals surface area (Å²) in [5.41, 5.74) is 0. The lowest BCUT2D eigenvalue weighted by Crippen LogP contribution is -2.53. The van der Waals surface area contributed by atoms with Gasteiger partial charge in [-0.1, -0.05) is 13.8 Å². The average molecular weight is 296 g/mol. The Morgan fingerprint density at radius 3 is 1.95 bits per heavy atom. The van der Waals surface area contributed by atoms with Gasteiger partial charge in [-0.25, -0.2) is 13.6 Å². The van der Waals surface area contributed by atoms with E-state index in [9.17, 15) is 35.5 Å². The number of alkyl halides is 6. The number of carbonyl (C=O) groups is 1. The molecule has 0 aliphatic carbocycles. The van der Waals surface area contributed by atoms with E-state index in [4.69, 9.17) is 0 Å². The van der Waals surface area contributed by atoms with Gasteiger partial charge in [0.1, 0.15) is 0 Å². The van der Waals surface area contributed by atoms with Crippen LogP contribution in [0.2, 0.25) is 0 Å². The van der Waals surface area contributed by atoms with Crippen molar-refractivity contribution in [1.82, 2.24) is 0 Å². The molecule has 0 radical (unpaired) electrons. The smallest absolute Gasteiger partial charge is 0.425 e. The predicted molar refractivity (Wildman–Crippen MR) is 50.9 cm³/mol. The fourth-order valence-corrected chi connectivity index (χ4v) is 1.24. The second kappa shape index (κ2) is 6.25. The van der Waals surface area contributed by atoms with Gasteiger partial charge in [0.15, 0.2) is 6.10 Å². The number of hydrogen-bond acceptors (Lipinski definition) is 2. The summed E-state index contributed by atoms with van der Waals surface area (Å²) in [4.78, 5) is 10.8. The van der Waals surface area contributed by atoms with Crippen LogP contribution in [0.15, 0.2) is 12.4 Å². The molecule has 0 rings (SSSR count). The second-order valence-electron chi connectivity index (χ2n) is 3.97. The number of esters is 1. The van der Waals surface area contributed by atoms with Crippen LogP contribution in [-0.2, 0) is 9.53 Å². The zero-order valence-corrected chi connectivity index (χ0v) is 9.85. The van der Waals surface area contributed by atoms with E-state index >= 15 is 0 Å². The standard InChI is InChI=1S/C10H11F7O2/c1-5(2)7(19-6(18)3-4-11)9(13,14)8(12)10(15,16)17/h3-5,7-8H,1-2H3. The summed E-state index contributed by atoms with van der Waals surface area (Å²) < 4.78 is 91.0. The third kappa shape index (κ3) is 4.71. The van der Waals surface area contributed by atoms with Gasteiger partial charge >= 0.3 is 18.1 Å². The molecular weight excluding hydrogens is 285 g/mol. The van der Waals surface area contributed by atoms with Crippen LogP contribution in [0.1, 0.15) is 13.8 Å². The van der Waals surface area contributed by atoms with E-state index in [2.05, 4.69) is 4.74 Å². The molecule has 0 aromatic heterocycles. The van der Waals surface area contributed by atoms with Crippen molar-refractivity contribution in [2.45, 2.75) is 38.2 Å². The van der Waals surface area contributed by atoms with Gasteiger partial charge in [-0.3, -0.25) is 0 Å². The van der Waals surface area contributed by atoms with Crippen LogP contribution in [0, 0.1) is 5.92 Å². The van der Waals surface area contributed by atoms with E-state index < -0.39 is 36.3 Å². The Labute approximate surface area is 104 Å². The highest BCUT2D eigenvalue weighted by atomic mass is 19.4. The lowest BCUT2D eigenvalue weighted by molar-refractivity contribution is -0.274. The van der Waals surface area contributed by atoms with Crippen molar-refractivity contribution in [2.24, 2.45) is 5.92 Å². The zero-order chi connectivity index (χ0) is 15.4. The van der Waals surface area contributed by atoms with Crippen LogP contribution in [0.25, 0.3) is 0 Å². The van der Waals surface area contributed by atoms with Crippen LogP contribution in [0.3, 0.4) is 0 Å². The molecule has 0 aromatic rings. The van der Waals surface area contributed by atoms with Gasteiger partial charge in [-0.05, 0) is 5.92 Å². The fourth-order valence-electron chi connectivity index (χ4n) is 1.24. The first-order valence-electron chi connectivity index (χ1n) is 5.00. The van der Waals surface area contributed by atoms with Gasteiger partial charge in [0.25, 0.3) is 6.17 Å². The number of carbonyl (C=O) groups excluding carboxylic acids is 1. The molecule has 0 aliphatic heterocycles. The first kappa shape index (κ1) is 17.7. The predicted octanol–water partition coefficient (Wildman–Crippen LogP) is 3.57. The molecule has 2 nitrogen and oxygen atoms in total. The highest BCUT2D eigenvalue weighted by Crippen LogP contribution is 2.40. The Balaban J connectivity index is 5.22. The van der Waals surface area contributed by atoms with E-state index in [0.29, 0.717) is 0 Å². The van der Waals surface area contributed by atoms with Crippen molar-refractivity contribution in [3.63, 3.8) is 0 Å². The van der Waals surface area contributed by atoms with Crippen LogP contribution in [0.4, 0.5) is 30.7 Å².